The smallest absolute Gasteiger partial charge is 0.256 e. The molecule has 1 N–H and O–H groups in total. The third-order valence-corrected chi connectivity index (χ3v) is 3.35. The number of anilines is 1. The van der Waals surface area contributed by atoms with E-state index in [9.17, 15) is 9.18 Å². The minimum atomic E-state index is -0.562. The SMILES string of the molecule is Cc1ccc(Br)cc1C(=O)Nc1ccc(Cl)cc1F. The van der Waals surface area contributed by atoms with Crippen LogP contribution in [0.25, 0.3) is 0 Å². The van der Waals surface area contributed by atoms with Gasteiger partial charge in [0.05, 0.1) is 5.69 Å². The molecule has 98 valence electrons. The summed E-state index contributed by atoms with van der Waals surface area (Å²) in [6.45, 7) is 1.82. The zero-order valence-corrected chi connectivity index (χ0v) is 12.3. The van der Waals surface area contributed by atoms with Crippen LogP contribution in [0.2, 0.25) is 5.02 Å². The van der Waals surface area contributed by atoms with Crippen LogP contribution in [0.15, 0.2) is 40.9 Å². The molecule has 0 bridgehead atoms. The number of amides is 1. The van der Waals surface area contributed by atoms with Crippen molar-refractivity contribution in [3.63, 3.8) is 0 Å². The van der Waals surface area contributed by atoms with Gasteiger partial charge in [0.15, 0.2) is 0 Å². The molecule has 0 aliphatic carbocycles. The lowest BCUT2D eigenvalue weighted by Crippen LogP contribution is -2.14. The fourth-order valence-electron chi connectivity index (χ4n) is 1.62. The van der Waals surface area contributed by atoms with Gasteiger partial charge in [0.1, 0.15) is 5.82 Å². The normalized spacial score (nSPS) is 10.3. The summed E-state index contributed by atoms with van der Waals surface area (Å²) >= 11 is 8.96. The van der Waals surface area contributed by atoms with E-state index < -0.39 is 5.82 Å². The molecule has 0 fully saturated rings. The molecule has 19 heavy (non-hydrogen) atoms. The zero-order valence-electron chi connectivity index (χ0n) is 10.0. The van der Waals surface area contributed by atoms with Gasteiger partial charge >= 0.3 is 0 Å². The maximum atomic E-state index is 13.6. The van der Waals surface area contributed by atoms with Crippen molar-refractivity contribution in [2.45, 2.75) is 6.92 Å². The molecule has 2 aromatic carbocycles. The number of halogens is 3. The summed E-state index contributed by atoms with van der Waals surface area (Å²) in [6.07, 6.45) is 0. The molecule has 2 rings (SSSR count). The maximum absolute atomic E-state index is 13.6. The number of carbonyl (C=O) groups is 1. The molecule has 0 aliphatic heterocycles. The second kappa shape index (κ2) is 5.72. The Hall–Kier alpha value is -1.39. The molecule has 0 aliphatic rings. The highest BCUT2D eigenvalue weighted by Crippen LogP contribution is 2.21. The molecule has 0 radical (unpaired) electrons. The Kier molecular flexibility index (Phi) is 4.22. The van der Waals surface area contributed by atoms with Crippen LogP contribution in [-0.2, 0) is 0 Å². The van der Waals surface area contributed by atoms with E-state index in [1.807, 2.05) is 19.1 Å². The monoisotopic (exact) mass is 341 g/mol. The summed E-state index contributed by atoms with van der Waals surface area (Å²) in [4.78, 5) is 12.1. The maximum Gasteiger partial charge on any atom is 0.256 e. The van der Waals surface area contributed by atoms with Crippen LogP contribution in [0.5, 0.6) is 0 Å². The van der Waals surface area contributed by atoms with Crippen LogP contribution in [0.1, 0.15) is 15.9 Å². The highest BCUT2D eigenvalue weighted by atomic mass is 79.9. The number of aryl methyl sites for hydroxylation is 1. The van der Waals surface area contributed by atoms with E-state index >= 15 is 0 Å². The third kappa shape index (κ3) is 3.33. The minimum Gasteiger partial charge on any atom is -0.319 e. The van der Waals surface area contributed by atoms with Crippen LogP contribution < -0.4 is 5.32 Å². The molecule has 0 heterocycles. The lowest BCUT2D eigenvalue weighted by molar-refractivity contribution is 0.102. The summed E-state index contributed by atoms with van der Waals surface area (Å²) in [6, 6.07) is 9.46. The van der Waals surface area contributed by atoms with Crippen molar-refractivity contribution in [2.24, 2.45) is 0 Å². The number of rotatable bonds is 2. The van der Waals surface area contributed by atoms with Gasteiger partial charge in [-0.15, -0.1) is 0 Å². The highest BCUT2D eigenvalue weighted by molar-refractivity contribution is 9.10. The largest absolute Gasteiger partial charge is 0.319 e. The predicted octanol–water partition coefficient (Wildman–Crippen LogP) is 4.80. The summed E-state index contributed by atoms with van der Waals surface area (Å²) in [5, 5.41) is 2.81. The molecular formula is C14H10BrClFNO. The van der Waals surface area contributed by atoms with Gasteiger partial charge < -0.3 is 5.32 Å². The molecule has 0 spiro atoms. The van der Waals surface area contributed by atoms with Crippen molar-refractivity contribution in [3.8, 4) is 0 Å². The first-order valence-electron chi connectivity index (χ1n) is 5.50. The van der Waals surface area contributed by atoms with Gasteiger partial charge in [-0.05, 0) is 42.8 Å². The zero-order chi connectivity index (χ0) is 14.0. The fourth-order valence-corrected chi connectivity index (χ4v) is 2.14. The quantitative estimate of drug-likeness (QED) is 0.834. The molecule has 0 atom stereocenters. The molecule has 0 saturated heterocycles. The van der Waals surface area contributed by atoms with Crippen molar-refractivity contribution < 1.29 is 9.18 Å². The molecule has 5 heteroatoms. The van der Waals surface area contributed by atoms with Gasteiger partial charge in [-0.25, -0.2) is 4.39 Å². The van der Waals surface area contributed by atoms with Crippen molar-refractivity contribution in [2.75, 3.05) is 5.32 Å². The Morgan fingerprint density at radius 1 is 1.26 bits per heavy atom. The minimum absolute atomic E-state index is 0.105. The third-order valence-electron chi connectivity index (χ3n) is 2.62. The number of hydrogen-bond donors (Lipinski definition) is 1. The van der Waals surface area contributed by atoms with E-state index in [1.54, 1.807) is 6.07 Å². The van der Waals surface area contributed by atoms with Crippen LogP contribution in [0.3, 0.4) is 0 Å². The Morgan fingerprint density at radius 2 is 2.00 bits per heavy atom. The van der Waals surface area contributed by atoms with Gasteiger partial charge in [0.25, 0.3) is 5.91 Å². The molecule has 0 unspecified atom stereocenters. The van der Waals surface area contributed by atoms with Crippen LogP contribution >= 0.6 is 27.5 Å². The Morgan fingerprint density at radius 3 is 2.68 bits per heavy atom. The lowest BCUT2D eigenvalue weighted by Gasteiger charge is -2.09. The van der Waals surface area contributed by atoms with Crippen LogP contribution in [0, 0.1) is 12.7 Å². The van der Waals surface area contributed by atoms with Crippen LogP contribution in [-0.4, -0.2) is 5.91 Å². The van der Waals surface area contributed by atoms with Crippen molar-refractivity contribution in [1.29, 1.82) is 0 Å². The molecule has 2 nitrogen and oxygen atoms in total. The standard InChI is InChI=1S/C14H10BrClFNO/c1-8-2-3-9(15)6-11(8)14(19)18-13-5-4-10(16)7-12(13)17/h2-7H,1H3,(H,18,19). The number of hydrogen-bond acceptors (Lipinski definition) is 1. The van der Waals surface area contributed by atoms with E-state index in [2.05, 4.69) is 21.2 Å². The predicted molar refractivity (Wildman–Crippen MR) is 78.2 cm³/mol. The van der Waals surface area contributed by atoms with Crippen LogP contribution in [0.4, 0.5) is 10.1 Å². The summed E-state index contributed by atoms with van der Waals surface area (Å²) in [7, 11) is 0. The van der Waals surface area contributed by atoms with E-state index in [0.717, 1.165) is 16.1 Å². The second-order valence-electron chi connectivity index (χ2n) is 4.04. The molecular weight excluding hydrogens is 333 g/mol. The fraction of sp³-hybridized carbons (Fsp3) is 0.0714. The Labute approximate surface area is 123 Å². The lowest BCUT2D eigenvalue weighted by atomic mass is 10.1. The first-order valence-corrected chi connectivity index (χ1v) is 6.67. The number of benzene rings is 2. The first kappa shape index (κ1) is 14.0. The second-order valence-corrected chi connectivity index (χ2v) is 5.39. The molecule has 2 aromatic rings. The van der Waals surface area contributed by atoms with Gasteiger partial charge in [-0.1, -0.05) is 33.6 Å². The van der Waals surface area contributed by atoms with Gasteiger partial charge in [-0.3, -0.25) is 4.79 Å². The average molecular weight is 343 g/mol. The Balaban J connectivity index is 2.28. The summed E-state index contributed by atoms with van der Waals surface area (Å²) < 4.78 is 14.4. The van der Waals surface area contributed by atoms with E-state index in [0.29, 0.717) is 5.56 Å². The Bertz CT molecular complexity index is 645. The van der Waals surface area contributed by atoms with E-state index in [4.69, 9.17) is 11.6 Å². The first-order chi connectivity index (χ1) is 8.97. The topological polar surface area (TPSA) is 29.1 Å². The highest BCUT2D eigenvalue weighted by Gasteiger charge is 2.12. The van der Waals surface area contributed by atoms with E-state index in [1.165, 1.54) is 12.1 Å². The number of nitrogens with one attached hydrogen (secondary N) is 1. The van der Waals surface area contributed by atoms with E-state index in [-0.39, 0.29) is 16.6 Å². The van der Waals surface area contributed by atoms with Crippen molar-refractivity contribution in [1.82, 2.24) is 0 Å². The molecule has 0 aromatic heterocycles. The van der Waals surface area contributed by atoms with Crippen molar-refractivity contribution in [3.05, 3.63) is 62.8 Å². The molecule has 0 saturated carbocycles. The van der Waals surface area contributed by atoms with Gasteiger partial charge in [-0.2, -0.15) is 0 Å². The summed E-state index contributed by atoms with van der Waals surface area (Å²) in [5.41, 5.74) is 1.41. The molecule has 1 amide bonds. The van der Waals surface area contributed by atoms with Gasteiger partial charge in [0, 0.05) is 15.1 Å². The number of carbonyl (C=O) groups excluding carboxylic acids is 1. The average Bonchev–Trinajstić information content (AvgIpc) is 2.35. The van der Waals surface area contributed by atoms with Gasteiger partial charge in [0.2, 0.25) is 0 Å². The summed E-state index contributed by atoms with van der Waals surface area (Å²) in [5.74, 6) is -0.923. The van der Waals surface area contributed by atoms with Crippen molar-refractivity contribution >= 4 is 39.1 Å².